The molecular formula is C11H22N6O. The van der Waals surface area contributed by atoms with Crippen LogP contribution in [0, 0.1) is 0 Å². The highest BCUT2D eigenvalue weighted by Gasteiger charge is 2.06. The van der Waals surface area contributed by atoms with Crippen LogP contribution in [0.5, 0.6) is 0 Å². The minimum absolute atomic E-state index is 0.250. The molecule has 1 aromatic rings. The van der Waals surface area contributed by atoms with Crippen molar-refractivity contribution in [3.05, 3.63) is 0 Å². The monoisotopic (exact) mass is 254 g/mol. The Balaban J connectivity index is 2.56. The molecular weight excluding hydrogens is 232 g/mol. The molecule has 0 aromatic carbocycles. The summed E-state index contributed by atoms with van der Waals surface area (Å²) in [6, 6.07) is 0. The van der Waals surface area contributed by atoms with Gasteiger partial charge in [-0.25, -0.2) is 0 Å². The van der Waals surface area contributed by atoms with Crippen LogP contribution >= 0.6 is 0 Å². The van der Waals surface area contributed by atoms with E-state index in [9.17, 15) is 0 Å². The van der Waals surface area contributed by atoms with Crippen LogP contribution in [0.3, 0.4) is 0 Å². The van der Waals surface area contributed by atoms with Gasteiger partial charge in [-0.3, -0.25) is 0 Å². The Kier molecular flexibility index (Phi) is 6.13. The lowest BCUT2D eigenvalue weighted by Crippen LogP contribution is -2.16. The lowest BCUT2D eigenvalue weighted by Gasteiger charge is -2.13. The largest absolute Gasteiger partial charge is 0.396 e. The van der Waals surface area contributed by atoms with Gasteiger partial charge in [0.15, 0.2) is 0 Å². The highest BCUT2D eigenvalue weighted by Crippen LogP contribution is 2.10. The Morgan fingerprint density at radius 1 is 1.06 bits per heavy atom. The molecule has 0 aliphatic rings. The Morgan fingerprint density at radius 3 is 2.39 bits per heavy atom. The third-order valence-electron chi connectivity index (χ3n) is 2.37. The van der Waals surface area contributed by atoms with Crippen LogP contribution in [0.4, 0.5) is 17.8 Å². The van der Waals surface area contributed by atoms with Crippen LogP contribution in [-0.4, -0.2) is 54.4 Å². The topological polar surface area (TPSA) is 86.2 Å². The number of nitrogens with one attached hydrogen (secondary N) is 2. The second-order valence-electron chi connectivity index (χ2n) is 4.14. The van der Waals surface area contributed by atoms with Gasteiger partial charge in [-0.15, -0.1) is 0 Å². The fourth-order valence-electron chi connectivity index (χ4n) is 1.37. The first-order chi connectivity index (χ1) is 8.67. The summed E-state index contributed by atoms with van der Waals surface area (Å²) in [5.74, 6) is 1.74. The van der Waals surface area contributed by atoms with Crippen molar-refractivity contribution < 1.29 is 5.11 Å². The highest BCUT2D eigenvalue weighted by atomic mass is 16.2. The van der Waals surface area contributed by atoms with E-state index >= 15 is 0 Å². The van der Waals surface area contributed by atoms with Crippen LogP contribution in [0.25, 0.3) is 0 Å². The molecule has 0 saturated carbocycles. The second kappa shape index (κ2) is 7.65. The Bertz CT molecular complexity index is 357. The zero-order chi connectivity index (χ0) is 13.4. The van der Waals surface area contributed by atoms with Crippen molar-refractivity contribution in [1.82, 2.24) is 15.0 Å². The molecule has 7 nitrogen and oxygen atoms in total. The predicted molar refractivity (Wildman–Crippen MR) is 73.1 cm³/mol. The third-order valence-corrected chi connectivity index (χ3v) is 2.37. The van der Waals surface area contributed by atoms with Gasteiger partial charge < -0.3 is 20.6 Å². The van der Waals surface area contributed by atoms with E-state index in [0.717, 1.165) is 25.8 Å². The minimum Gasteiger partial charge on any atom is -0.396 e. The summed E-state index contributed by atoms with van der Waals surface area (Å²) in [4.78, 5) is 14.6. The average molecular weight is 254 g/mol. The zero-order valence-electron chi connectivity index (χ0n) is 11.3. The van der Waals surface area contributed by atoms with Crippen molar-refractivity contribution in [2.75, 3.05) is 49.8 Å². The maximum Gasteiger partial charge on any atom is 0.231 e. The van der Waals surface area contributed by atoms with Gasteiger partial charge in [0.25, 0.3) is 0 Å². The summed E-state index contributed by atoms with van der Waals surface area (Å²) in [6.07, 6.45) is 2.82. The predicted octanol–water partition coefficient (Wildman–Crippen LogP) is 0.554. The molecule has 1 aromatic heterocycles. The molecule has 0 aliphatic heterocycles. The number of anilines is 3. The molecule has 0 bridgehead atoms. The third kappa shape index (κ3) is 4.70. The van der Waals surface area contributed by atoms with Gasteiger partial charge in [0.2, 0.25) is 17.8 Å². The summed E-state index contributed by atoms with van der Waals surface area (Å²) in [7, 11) is 5.55. The van der Waals surface area contributed by atoms with E-state index in [1.165, 1.54) is 0 Å². The van der Waals surface area contributed by atoms with Gasteiger partial charge in [-0.2, -0.15) is 15.0 Å². The molecule has 0 aliphatic carbocycles. The van der Waals surface area contributed by atoms with Crippen molar-refractivity contribution in [3.8, 4) is 0 Å². The van der Waals surface area contributed by atoms with E-state index < -0.39 is 0 Å². The van der Waals surface area contributed by atoms with E-state index in [1.54, 1.807) is 7.05 Å². The van der Waals surface area contributed by atoms with Crippen LogP contribution < -0.4 is 15.5 Å². The molecule has 0 saturated heterocycles. The Labute approximate surface area is 108 Å². The molecule has 0 unspecified atom stereocenters. The number of unbranched alkanes of at least 4 members (excludes halogenated alkanes) is 2. The SMILES string of the molecule is CNc1nc(NCCCCCO)nc(N(C)C)n1. The quantitative estimate of drug-likeness (QED) is 0.584. The molecule has 0 atom stereocenters. The van der Waals surface area contributed by atoms with Crippen molar-refractivity contribution in [2.24, 2.45) is 0 Å². The summed E-state index contributed by atoms with van der Waals surface area (Å²) >= 11 is 0. The highest BCUT2D eigenvalue weighted by molar-refractivity contribution is 5.42. The van der Waals surface area contributed by atoms with E-state index in [-0.39, 0.29) is 6.61 Å². The van der Waals surface area contributed by atoms with E-state index in [0.29, 0.717) is 17.8 Å². The first kappa shape index (κ1) is 14.4. The molecule has 0 spiro atoms. The second-order valence-corrected chi connectivity index (χ2v) is 4.14. The molecule has 0 amide bonds. The van der Waals surface area contributed by atoms with Crippen LogP contribution in [0.2, 0.25) is 0 Å². The van der Waals surface area contributed by atoms with Gasteiger partial charge >= 0.3 is 0 Å². The van der Waals surface area contributed by atoms with E-state index in [1.807, 2.05) is 19.0 Å². The molecule has 7 heteroatoms. The number of hydrogen-bond donors (Lipinski definition) is 3. The minimum atomic E-state index is 0.250. The Hall–Kier alpha value is -1.63. The van der Waals surface area contributed by atoms with Crippen molar-refractivity contribution in [3.63, 3.8) is 0 Å². The lowest BCUT2D eigenvalue weighted by molar-refractivity contribution is 0.283. The van der Waals surface area contributed by atoms with Crippen molar-refractivity contribution >= 4 is 17.8 Å². The van der Waals surface area contributed by atoms with Gasteiger partial charge in [-0.05, 0) is 19.3 Å². The smallest absolute Gasteiger partial charge is 0.231 e. The summed E-state index contributed by atoms with van der Waals surface area (Å²) in [6.45, 7) is 1.04. The fourth-order valence-corrected chi connectivity index (χ4v) is 1.37. The maximum atomic E-state index is 8.68. The normalized spacial score (nSPS) is 10.2. The molecule has 0 radical (unpaired) electrons. The molecule has 3 N–H and O–H groups in total. The summed E-state index contributed by atoms with van der Waals surface area (Å²) in [5.41, 5.74) is 0. The number of hydrogen-bond acceptors (Lipinski definition) is 7. The first-order valence-corrected chi connectivity index (χ1v) is 6.13. The summed E-state index contributed by atoms with van der Waals surface area (Å²) in [5, 5.41) is 14.8. The molecule has 0 fully saturated rings. The number of aromatic nitrogens is 3. The van der Waals surface area contributed by atoms with Crippen LogP contribution in [-0.2, 0) is 0 Å². The van der Waals surface area contributed by atoms with Crippen molar-refractivity contribution in [1.29, 1.82) is 0 Å². The number of rotatable bonds is 8. The van der Waals surface area contributed by atoms with Crippen LogP contribution in [0.1, 0.15) is 19.3 Å². The van der Waals surface area contributed by atoms with Crippen LogP contribution in [0.15, 0.2) is 0 Å². The lowest BCUT2D eigenvalue weighted by atomic mass is 10.2. The van der Waals surface area contributed by atoms with Crippen molar-refractivity contribution in [2.45, 2.75) is 19.3 Å². The molecule has 102 valence electrons. The maximum absolute atomic E-state index is 8.68. The number of aliphatic hydroxyl groups excluding tert-OH is 1. The molecule has 1 rings (SSSR count). The molecule has 18 heavy (non-hydrogen) atoms. The number of nitrogens with zero attached hydrogens (tertiary/aromatic N) is 4. The van der Waals surface area contributed by atoms with Gasteiger partial charge in [0.05, 0.1) is 0 Å². The first-order valence-electron chi connectivity index (χ1n) is 6.13. The van der Waals surface area contributed by atoms with E-state index in [4.69, 9.17) is 5.11 Å². The fraction of sp³-hybridized carbons (Fsp3) is 0.727. The van der Waals surface area contributed by atoms with Gasteiger partial charge in [-0.1, -0.05) is 0 Å². The van der Waals surface area contributed by atoms with Gasteiger partial charge in [0, 0.05) is 34.3 Å². The average Bonchev–Trinajstić information content (AvgIpc) is 2.38. The summed E-state index contributed by atoms with van der Waals surface area (Å²) < 4.78 is 0. The van der Waals surface area contributed by atoms with Gasteiger partial charge in [0.1, 0.15) is 0 Å². The molecule has 1 heterocycles. The number of aliphatic hydroxyl groups is 1. The standard InChI is InChI=1S/C11H22N6O/c1-12-9-14-10(13-7-5-4-6-8-18)16-11(15-9)17(2)3/h18H,4-8H2,1-3H3,(H2,12,13,14,15,16). The van der Waals surface area contributed by atoms with E-state index in [2.05, 4.69) is 25.6 Å². The zero-order valence-corrected chi connectivity index (χ0v) is 11.3. The Morgan fingerprint density at radius 2 is 1.78 bits per heavy atom.